The quantitative estimate of drug-likeness (QED) is 0.0763. The normalized spacial score (nSPS) is 27.5. The first-order valence-electron chi connectivity index (χ1n) is 16.1. The predicted molar refractivity (Wildman–Crippen MR) is 175 cm³/mol. The third-order valence-corrected chi connectivity index (χ3v) is 9.97. The second kappa shape index (κ2) is 14.1. The molecule has 2 aliphatic carbocycles. The van der Waals surface area contributed by atoms with E-state index in [9.17, 15) is 15.3 Å². The van der Waals surface area contributed by atoms with Crippen molar-refractivity contribution in [3.63, 3.8) is 0 Å². The predicted octanol–water partition coefficient (Wildman–Crippen LogP) is 5.13. The number of para-hydroxylation sites is 1. The summed E-state index contributed by atoms with van der Waals surface area (Å²) in [5.74, 6) is 1.04. The van der Waals surface area contributed by atoms with E-state index in [1.807, 2.05) is 31.2 Å². The Labute approximate surface area is 256 Å². The van der Waals surface area contributed by atoms with E-state index in [1.165, 1.54) is 16.5 Å². The van der Waals surface area contributed by atoms with Crippen molar-refractivity contribution in [1.82, 2.24) is 15.6 Å². The molecule has 3 aromatic rings. The number of guanidine groups is 1. The van der Waals surface area contributed by atoms with Gasteiger partial charge in [-0.2, -0.15) is 0 Å². The number of fused-ring (bicyclic) bond motifs is 2. The molecule has 0 unspecified atom stereocenters. The lowest BCUT2D eigenvalue weighted by atomic mass is 9.74. The van der Waals surface area contributed by atoms with Crippen LogP contribution in [0.25, 0.3) is 10.9 Å². The molecular weight excluding hydrogens is 536 g/mol. The van der Waals surface area contributed by atoms with Crippen molar-refractivity contribution >= 4 is 16.9 Å². The van der Waals surface area contributed by atoms with Crippen molar-refractivity contribution < 1.29 is 15.3 Å². The van der Waals surface area contributed by atoms with E-state index in [2.05, 4.69) is 63.6 Å². The zero-order valence-corrected chi connectivity index (χ0v) is 25.7. The molecule has 0 amide bonds. The summed E-state index contributed by atoms with van der Waals surface area (Å²) in [5, 5.41) is 41.0. The van der Waals surface area contributed by atoms with Crippen molar-refractivity contribution in [3.05, 3.63) is 84.1 Å². The highest BCUT2D eigenvalue weighted by Gasteiger charge is 2.54. The molecule has 0 saturated heterocycles. The van der Waals surface area contributed by atoms with E-state index in [1.54, 1.807) is 0 Å². The summed E-state index contributed by atoms with van der Waals surface area (Å²) >= 11 is 0. The summed E-state index contributed by atoms with van der Waals surface area (Å²) in [6.45, 7) is 8.47. The summed E-state index contributed by atoms with van der Waals surface area (Å²) in [4.78, 5) is 8.18. The van der Waals surface area contributed by atoms with Gasteiger partial charge in [0.2, 0.25) is 0 Å². The van der Waals surface area contributed by atoms with Crippen LogP contribution in [-0.2, 0) is 12.8 Å². The van der Waals surface area contributed by atoms with Gasteiger partial charge in [-0.1, -0.05) is 60.7 Å². The van der Waals surface area contributed by atoms with Crippen LogP contribution in [0.1, 0.15) is 63.1 Å². The van der Waals surface area contributed by atoms with E-state index in [0.717, 1.165) is 56.3 Å². The van der Waals surface area contributed by atoms with Crippen LogP contribution in [0.3, 0.4) is 0 Å². The van der Waals surface area contributed by atoms with Gasteiger partial charge in [-0.25, -0.2) is 0 Å². The molecular formula is C36H50N4O3. The number of aliphatic imine (C=N–C) groups is 1. The largest absolute Gasteiger partial charge is 0.396 e. The molecule has 5 atom stereocenters. The Bertz CT molecular complexity index is 1330. The highest BCUT2D eigenvalue weighted by molar-refractivity contribution is 5.80. The Morgan fingerprint density at radius 3 is 2.56 bits per heavy atom. The molecule has 2 aromatic carbocycles. The Morgan fingerprint density at radius 2 is 1.77 bits per heavy atom. The van der Waals surface area contributed by atoms with Crippen LogP contribution in [0, 0.1) is 17.8 Å². The fourth-order valence-electron chi connectivity index (χ4n) is 7.47. The zero-order valence-electron chi connectivity index (χ0n) is 25.7. The Kier molecular flexibility index (Phi) is 10.3. The van der Waals surface area contributed by atoms with Gasteiger partial charge in [0, 0.05) is 43.9 Å². The fraction of sp³-hybridized carbons (Fsp3) is 0.528. The average Bonchev–Trinajstić information content (AvgIpc) is 3.51. The molecule has 2 saturated carbocycles. The van der Waals surface area contributed by atoms with E-state index >= 15 is 0 Å². The van der Waals surface area contributed by atoms with Gasteiger partial charge in [-0.3, -0.25) is 4.99 Å². The van der Waals surface area contributed by atoms with Crippen LogP contribution >= 0.6 is 0 Å². The van der Waals surface area contributed by atoms with Crippen LogP contribution in [0.2, 0.25) is 0 Å². The number of hydrogen-bond acceptors (Lipinski definition) is 4. The van der Waals surface area contributed by atoms with Crippen LogP contribution < -0.4 is 10.6 Å². The zero-order chi connectivity index (χ0) is 30.3. The second-order valence-corrected chi connectivity index (χ2v) is 13.0. The molecule has 5 rings (SSSR count). The molecule has 0 spiro atoms. The standard InChI is InChI=1S/C36H50N4O3/c1-26(23-30-24-29-11-6-7-12-33(29)40-30)28-13-16-35(2,42)31-14-17-36(43,32(31)25-28)18-21-39-34(37-19-8-22-41)38-20-15-27-9-4-3-5-10-27/h3-7,9-12,24,28,31-32,40-43H,1,8,13-23,25H2,2H3,(H2,37,38,39)/t28-,31-,32-,35+,36+/m0/s1. The van der Waals surface area contributed by atoms with Crippen molar-refractivity contribution in [2.75, 3.05) is 26.2 Å². The minimum atomic E-state index is -0.855. The molecule has 7 heteroatoms. The van der Waals surface area contributed by atoms with Crippen LogP contribution in [0.4, 0.5) is 0 Å². The number of nitrogens with zero attached hydrogens (tertiary/aromatic N) is 1. The number of H-pyrrole nitrogens is 1. The number of nitrogens with one attached hydrogen (secondary N) is 3. The Hall–Kier alpha value is -3.13. The number of rotatable bonds is 12. The van der Waals surface area contributed by atoms with Gasteiger partial charge in [0.05, 0.1) is 11.2 Å². The lowest BCUT2D eigenvalue weighted by Crippen LogP contribution is -2.45. The lowest BCUT2D eigenvalue weighted by Gasteiger charge is -2.37. The van der Waals surface area contributed by atoms with Crippen LogP contribution in [-0.4, -0.2) is 63.7 Å². The first kappa shape index (κ1) is 31.3. The fourth-order valence-corrected chi connectivity index (χ4v) is 7.47. The van der Waals surface area contributed by atoms with E-state index in [-0.39, 0.29) is 24.4 Å². The maximum Gasteiger partial charge on any atom is 0.191 e. The number of aromatic amines is 1. The second-order valence-electron chi connectivity index (χ2n) is 13.0. The first-order chi connectivity index (χ1) is 20.8. The molecule has 43 heavy (non-hydrogen) atoms. The SMILES string of the molecule is C=C(Cc1cc2ccccc2[nH]1)[C@H]1CC[C@@](C)(O)[C@H]2CC[C@@](O)(CCNC(=NCCCO)NCCc3ccccc3)[C@H]2C1. The van der Waals surface area contributed by atoms with Crippen molar-refractivity contribution in [3.8, 4) is 0 Å². The van der Waals surface area contributed by atoms with E-state index in [4.69, 9.17) is 0 Å². The Balaban J connectivity index is 1.21. The topological polar surface area (TPSA) is 113 Å². The van der Waals surface area contributed by atoms with Gasteiger partial charge in [0.1, 0.15) is 0 Å². The van der Waals surface area contributed by atoms with Gasteiger partial charge >= 0.3 is 0 Å². The number of aliphatic hydroxyl groups excluding tert-OH is 1. The molecule has 0 bridgehead atoms. The third-order valence-electron chi connectivity index (χ3n) is 9.97. The highest BCUT2D eigenvalue weighted by Crippen LogP contribution is 2.54. The minimum Gasteiger partial charge on any atom is -0.396 e. The molecule has 7 nitrogen and oxygen atoms in total. The smallest absolute Gasteiger partial charge is 0.191 e. The number of aliphatic hydroxyl groups is 3. The monoisotopic (exact) mass is 586 g/mol. The van der Waals surface area contributed by atoms with Gasteiger partial charge < -0.3 is 30.9 Å². The maximum atomic E-state index is 12.1. The molecule has 0 aliphatic heterocycles. The summed E-state index contributed by atoms with van der Waals surface area (Å²) < 4.78 is 0. The molecule has 2 fully saturated rings. The lowest BCUT2D eigenvalue weighted by molar-refractivity contribution is -0.0642. The van der Waals surface area contributed by atoms with Crippen molar-refractivity contribution in [2.24, 2.45) is 22.7 Å². The molecule has 1 heterocycles. The third kappa shape index (κ3) is 7.88. The average molecular weight is 587 g/mol. The molecule has 232 valence electrons. The summed E-state index contributed by atoms with van der Waals surface area (Å²) in [7, 11) is 0. The van der Waals surface area contributed by atoms with Crippen LogP contribution in [0.15, 0.2) is 77.8 Å². The molecule has 0 radical (unpaired) electrons. The van der Waals surface area contributed by atoms with Gasteiger partial charge in [0.15, 0.2) is 5.96 Å². The molecule has 6 N–H and O–H groups in total. The van der Waals surface area contributed by atoms with E-state index in [0.29, 0.717) is 38.3 Å². The van der Waals surface area contributed by atoms with Crippen LogP contribution in [0.5, 0.6) is 0 Å². The van der Waals surface area contributed by atoms with E-state index < -0.39 is 11.2 Å². The van der Waals surface area contributed by atoms with Gasteiger partial charge in [0.25, 0.3) is 0 Å². The summed E-state index contributed by atoms with van der Waals surface area (Å²) in [6, 6.07) is 20.9. The Morgan fingerprint density at radius 1 is 1.00 bits per heavy atom. The first-order valence-corrected chi connectivity index (χ1v) is 16.1. The van der Waals surface area contributed by atoms with Crippen molar-refractivity contribution in [2.45, 2.75) is 75.9 Å². The number of aromatic nitrogens is 1. The summed E-state index contributed by atoms with van der Waals surface area (Å²) in [6.07, 6.45) is 6.86. The van der Waals surface area contributed by atoms with Gasteiger partial charge in [-0.15, -0.1) is 0 Å². The minimum absolute atomic E-state index is 0.0112. The van der Waals surface area contributed by atoms with Gasteiger partial charge in [-0.05, 0) is 99.1 Å². The summed E-state index contributed by atoms with van der Waals surface area (Å²) in [5.41, 5.74) is 3.09. The maximum absolute atomic E-state index is 12.1. The molecule has 2 aliphatic rings. The highest BCUT2D eigenvalue weighted by atomic mass is 16.3. The number of benzene rings is 2. The van der Waals surface area contributed by atoms with Crippen molar-refractivity contribution in [1.29, 1.82) is 0 Å². The number of hydrogen-bond donors (Lipinski definition) is 6. The molecule has 1 aromatic heterocycles. The number of allylic oxidation sites excluding steroid dienone is 1.